The van der Waals surface area contributed by atoms with Crippen molar-refractivity contribution < 1.29 is 13.9 Å². The Balaban J connectivity index is 1.85. The van der Waals surface area contributed by atoms with Crippen LogP contribution in [0.5, 0.6) is 0 Å². The van der Waals surface area contributed by atoms with Gasteiger partial charge in [-0.05, 0) is 51.0 Å². The van der Waals surface area contributed by atoms with Crippen LogP contribution in [0.25, 0.3) is 11.1 Å². The Morgan fingerprint density at radius 3 is 2.83 bits per heavy atom. The summed E-state index contributed by atoms with van der Waals surface area (Å²) >= 11 is 6.44. The van der Waals surface area contributed by atoms with E-state index in [4.69, 9.17) is 21.6 Å². The first-order valence-electron chi connectivity index (χ1n) is 9.25. The Bertz CT molecular complexity index is 968. The molecule has 6 nitrogen and oxygen atoms in total. The fourth-order valence-corrected chi connectivity index (χ4v) is 3.60. The first-order chi connectivity index (χ1) is 13.7. The summed E-state index contributed by atoms with van der Waals surface area (Å²) in [7, 11) is 0. The van der Waals surface area contributed by atoms with E-state index in [2.05, 4.69) is 10.3 Å². The highest BCUT2D eigenvalue weighted by Gasteiger charge is 2.29. The monoisotopic (exact) mass is 416 g/mol. The zero-order valence-corrected chi connectivity index (χ0v) is 17.3. The Hall–Kier alpha value is -2.85. The molecule has 1 amide bonds. The number of rotatable bonds is 3. The molecule has 1 aliphatic rings. The maximum Gasteiger partial charge on any atom is 0.407 e. The maximum atomic E-state index is 14.0. The van der Waals surface area contributed by atoms with Gasteiger partial charge in [0.05, 0.1) is 28.4 Å². The number of hydrogen-bond donors (Lipinski definition) is 1. The molecule has 1 N–H and O–H groups in total. The SMILES string of the molecule is CC(C)(C)OC(=O)NC1CCN(c2c(Cl)cncc2-c2cc(F)cc(C#N)c2)C1. The molecule has 0 saturated carbocycles. The number of alkyl carbamates (subject to hydrolysis) is 1. The molecule has 2 heterocycles. The van der Waals surface area contributed by atoms with E-state index in [9.17, 15) is 9.18 Å². The number of anilines is 1. The second-order valence-electron chi connectivity index (χ2n) is 7.94. The maximum absolute atomic E-state index is 14.0. The van der Waals surface area contributed by atoms with Crippen molar-refractivity contribution in [2.24, 2.45) is 0 Å². The third kappa shape index (κ3) is 5.15. The largest absolute Gasteiger partial charge is 0.444 e. The fourth-order valence-electron chi connectivity index (χ4n) is 3.33. The second-order valence-corrected chi connectivity index (χ2v) is 8.34. The quantitative estimate of drug-likeness (QED) is 0.796. The Kier molecular flexibility index (Phi) is 5.94. The van der Waals surface area contributed by atoms with Gasteiger partial charge < -0.3 is 15.0 Å². The molecule has 3 rings (SSSR count). The Morgan fingerprint density at radius 1 is 1.38 bits per heavy atom. The molecule has 1 aromatic carbocycles. The summed E-state index contributed by atoms with van der Waals surface area (Å²) in [5.41, 5.74) is 1.50. The number of nitriles is 1. The molecule has 2 aromatic rings. The number of carbonyl (C=O) groups is 1. The summed E-state index contributed by atoms with van der Waals surface area (Å²) in [5.74, 6) is -0.504. The van der Waals surface area contributed by atoms with Crippen LogP contribution in [0.3, 0.4) is 0 Å². The third-order valence-electron chi connectivity index (χ3n) is 4.44. The summed E-state index contributed by atoms with van der Waals surface area (Å²) in [4.78, 5) is 18.2. The van der Waals surface area contributed by atoms with Gasteiger partial charge in [-0.15, -0.1) is 0 Å². The van der Waals surface area contributed by atoms with Crippen molar-refractivity contribution in [3.8, 4) is 17.2 Å². The Labute approximate surface area is 174 Å². The van der Waals surface area contributed by atoms with E-state index < -0.39 is 17.5 Å². The van der Waals surface area contributed by atoms with Crippen molar-refractivity contribution in [3.63, 3.8) is 0 Å². The average Bonchev–Trinajstić information content (AvgIpc) is 3.07. The van der Waals surface area contributed by atoms with Crippen LogP contribution in [0, 0.1) is 17.1 Å². The van der Waals surface area contributed by atoms with E-state index in [1.165, 1.54) is 18.3 Å². The van der Waals surface area contributed by atoms with E-state index in [0.29, 0.717) is 41.3 Å². The molecule has 0 spiro atoms. The Morgan fingerprint density at radius 2 is 2.14 bits per heavy atom. The molecule has 1 aromatic heterocycles. The van der Waals surface area contributed by atoms with Crippen LogP contribution in [0.4, 0.5) is 14.9 Å². The van der Waals surface area contributed by atoms with Crippen LogP contribution in [-0.4, -0.2) is 35.8 Å². The van der Waals surface area contributed by atoms with Gasteiger partial charge in [-0.1, -0.05) is 11.6 Å². The van der Waals surface area contributed by atoms with E-state index in [1.54, 1.807) is 12.3 Å². The summed E-state index contributed by atoms with van der Waals surface area (Å²) in [5, 5.41) is 12.4. The standard InChI is InChI=1S/C21H22ClFN4O2/c1-21(2,3)29-20(28)26-16-4-5-27(12-16)19-17(10-25-11-18(19)22)14-6-13(9-24)7-15(23)8-14/h6-8,10-11,16H,4-5,12H2,1-3H3,(H,26,28). The number of hydrogen-bond acceptors (Lipinski definition) is 5. The third-order valence-corrected chi connectivity index (χ3v) is 4.71. The first kappa shape index (κ1) is 20.9. The molecule has 1 atom stereocenters. The lowest BCUT2D eigenvalue weighted by Gasteiger charge is -2.24. The lowest BCUT2D eigenvalue weighted by molar-refractivity contribution is 0.0509. The van der Waals surface area contributed by atoms with Crippen LogP contribution >= 0.6 is 11.6 Å². The van der Waals surface area contributed by atoms with Gasteiger partial charge in [-0.3, -0.25) is 4.98 Å². The van der Waals surface area contributed by atoms with Gasteiger partial charge in [0.25, 0.3) is 0 Å². The number of ether oxygens (including phenoxy) is 1. The number of nitrogens with one attached hydrogen (secondary N) is 1. The lowest BCUT2D eigenvalue weighted by Crippen LogP contribution is -2.40. The molecule has 0 bridgehead atoms. The van der Waals surface area contributed by atoms with Crippen molar-refractivity contribution >= 4 is 23.4 Å². The average molecular weight is 417 g/mol. The predicted molar refractivity (Wildman–Crippen MR) is 109 cm³/mol. The van der Waals surface area contributed by atoms with Crippen LogP contribution in [0.2, 0.25) is 5.02 Å². The predicted octanol–water partition coefficient (Wildman–Crippen LogP) is 4.52. The molecule has 8 heteroatoms. The van der Waals surface area contributed by atoms with Gasteiger partial charge >= 0.3 is 6.09 Å². The molecular weight excluding hydrogens is 395 g/mol. The van der Waals surface area contributed by atoms with Crippen LogP contribution < -0.4 is 10.2 Å². The molecular formula is C21H22ClFN4O2. The molecule has 152 valence electrons. The first-order valence-corrected chi connectivity index (χ1v) is 9.63. The van der Waals surface area contributed by atoms with Gasteiger partial charge in [0.15, 0.2) is 0 Å². The number of aromatic nitrogens is 1. The number of amides is 1. The van der Waals surface area contributed by atoms with E-state index >= 15 is 0 Å². The molecule has 29 heavy (non-hydrogen) atoms. The molecule has 1 unspecified atom stereocenters. The number of benzene rings is 1. The summed E-state index contributed by atoms with van der Waals surface area (Å²) in [6.45, 7) is 6.61. The van der Waals surface area contributed by atoms with Gasteiger partial charge in [0.2, 0.25) is 0 Å². The number of carbonyl (C=O) groups excluding carboxylic acids is 1. The second kappa shape index (κ2) is 8.26. The minimum atomic E-state index is -0.570. The summed E-state index contributed by atoms with van der Waals surface area (Å²) in [6, 6.07) is 5.99. The zero-order valence-electron chi connectivity index (χ0n) is 16.5. The smallest absolute Gasteiger partial charge is 0.407 e. The molecule has 0 radical (unpaired) electrons. The molecule has 1 saturated heterocycles. The van der Waals surface area contributed by atoms with E-state index in [1.807, 2.05) is 31.7 Å². The molecule has 1 aliphatic heterocycles. The van der Waals surface area contributed by atoms with Crippen molar-refractivity contribution in [2.75, 3.05) is 18.0 Å². The highest BCUT2D eigenvalue weighted by atomic mass is 35.5. The van der Waals surface area contributed by atoms with Gasteiger partial charge in [0, 0.05) is 31.0 Å². The van der Waals surface area contributed by atoms with Crippen molar-refractivity contribution in [2.45, 2.75) is 38.8 Å². The molecule has 0 aliphatic carbocycles. The van der Waals surface area contributed by atoms with Gasteiger partial charge in [-0.2, -0.15) is 5.26 Å². The number of pyridine rings is 1. The summed E-state index contributed by atoms with van der Waals surface area (Å²) < 4.78 is 19.3. The topological polar surface area (TPSA) is 78.2 Å². The van der Waals surface area contributed by atoms with Gasteiger partial charge in [-0.25, -0.2) is 9.18 Å². The number of halogens is 2. The molecule has 1 fully saturated rings. The summed E-state index contributed by atoms with van der Waals surface area (Å²) in [6.07, 6.45) is 3.38. The van der Waals surface area contributed by atoms with Crippen molar-refractivity contribution in [1.82, 2.24) is 10.3 Å². The van der Waals surface area contributed by atoms with E-state index in [-0.39, 0.29) is 11.6 Å². The van der Waals surface area contributed by atoms with Crippen LogP contribution in [0.1, 0.15) is 32.8 Å². The van der Waals surface area contributed by atoms with Crippen LogP contribution in [0.15, 0.2) is 30.6 Å². The van der Waals surface area contributed by atoms with Crippen LogP contribution in [-0.2, 0) is 4.74 Å². The normalized spacial score (nSPS) is 16.4. The highest BCUT2D eigenvalue weighted by Crippen LogP contribution is 2.38. The minimum absolute atomic E-state index is 0.107. The minimum Gasteiger partial charge on any atom is -0.444 e. The number of nitrogens with zero attached hydrogens (tertiary/aromatic N) is 3. The van der Waals surface area contributed by atoms with Gasteiger partial charge in [0.1, 0.15) is 11.4 Å². The van der Waals surface area contributed by atoms with E-state index in [0.717, 1.165) is 0 Å². The highest BCUT2D eigenvalue weighted by molar-refractivity contribution is 6.33. The zero-order chi connectivity index (χ0) is 21.2. The fraction of sp³-hybridized carbons (Fsp3) is 0.381. The lowest BCUT2D eigenvalue weighted by atomic mass is 10.0. The van der Waals surface area contributed by atoms with Crippen molar-refractivity contribution in [3.05, 3.63) is 47.0 Å². The van der Waals surface area contributed by atoms with Crippen molar-refractivity contribution in [1.29, 1.82) is 5.26 Å².